The number of hydrogen-bond acceptors (Lipinski definition) is 19. The van der Waals surface area contributed by atoms with Gasteiger partial charge in [0.1, 0.15) is 5.84 Å². The number of guanidine groups is 1. The van der Waals surface area contributed by atoms with Gasteiger partial charge in [-0.05, 0) is 68.3 Å². The summed E-state index contributed by atoms with van der Waals surface area (Å²) in [5.74, 6) is -8.88. The van der Waals surface area contributed by atoms with Crippen molar-refractivity contribution in [1.82, 2.24) is 24.7 Å². The third kappa shape index (κ3) is 26.9. The zero-order valence-electron chi connectivity index (χ0n) is 50.1. The van der Waals surface area contributed by atoms with E-state index in [9.17, 15) is 35.6 Å². The fraction of sp³-hybridized carbons (Fsp3) is 0.593. The molecule has 0 atom stereocenters. The Bertz CT molecular complexity index is 2720. The Morgan fingerprint density at radius 3 is 1.68 bits per heavy atom. The van der Waals surface area contributed by atoms with Crippen molar-refractivity contribution in [3.63, 3.8) is 0 Å². The van der Waals surface area contributed by atoms with Crippen molar-refractivity contribution in [3.8, 4) is 16.9 Å². The van der Waals surface area contributed by atoms with Crippen LogP contribution in [-0.2, 0) is 67.0 Å². The van der Waals surface area contributed by atoms with Crippen LogP contribution in [0.1, 0.15) is 38.2 Å². The smallest absolute Gasteiger partial charge is 0.313 e. The SMILES string of the molecule is CCCN(CCCNC(=N)NCCOCCOCCOCCOCCOCCOCCOCCOCCOCCOCCC(=O)Oc1c(F)c(F)cc(F)c1F)C(=O)C1=Cc2ccc(-c3cccc(S(=O)(=O)N4CC(CN(C)C)C4)c3)cc2N=C(N)C1. The third-order valence-corrected chi connectivity index (χ3v) is 14.8. The Kier molecular flexibility index (Phi) is 33.7. The topological polar surface area (TPSA) is 266 Å². The van der Waals surface area contributed by atoms with Crippen LogP contribution >= 0.6 is 0 Å². The molecular weight excluding hydrogens is 1170 g/mol. The lowest BCUT2D eigenvalue weighted by molar-refractivity contribution is -0.136. The minimum atomic E-state index is -3.63. The number of carbonyl (C=O) groups is 2. The first-order chi connectivity index (χ1) is 42.1. The van der Waals surface area contributed by atoms with E-state index in [0.717, 1.165) is 29.7 Å². The summed E-state index contributed by atoms with van der Waals surface area (Å²) in [7, 11) is 0.339. The molecule has 1 amide bonds. The summed E-state index contributed by atoms with van der Waals surface area (Å²) in [6.07, 6.45) is 3.00. The monoisotopic (exact) mass is 1250 g/mol. The second-order valence-electron chi connectivity index (χ2n) is 20.2. The van der Waals surface area contributed by atoms with E-state index >= 15 is 0 Å². The van der Waals surface area contributed by atoms with Crippen molar-refractivity contribution in [1.29, 1.82) is 5.41 Å². The summed E-state index contributed by atoms with van der Waals surface area (Å²) in [6.45, 7) is 12.6. The van der Waals surface area contributed by atoms with Crippen LogP contribution in [0.5, 0.6) is 5.75 Å². The average molecular weight is 1260 g/mol. The van der Waals surface area contributed by atoms with E-state index in [2.05, 4.69) is 25.3 Å². The maximum absolute atomic E-state index is 13.9. The van der Waals surface area contributed by atoms with E-state index in [4.69, 9.17) is 58.5 Å². The molecule has 5 N–H and O–H groups in total. The number of aliphatic imine (C=N–C) groups is 1. The molecule has 0 aliphatic carbocycles. The molecule has 2 heterocycles. The first-order valence-corrected chi connectivity index (χ1v) is 30.6. The van der Waals surface area contributed by atoms with E-state index in [0.29, 0.717) is 174 Å². The Morgan fingerprint density at radius 2 is 1.16 bits per heavy atom. The summed E-state index contributed by atoms with van der Waals surface area (Å²) >= 11 is 0. The number of fused-ring (bicyclic) bond motifs is 1. The van der Waals surface area contributed by atoms with Gasteiger partial charge >= 0.3 is 5.97 Å². The number of ether oxygens (including phenoxy) is 11. The number of nitrogens with zero attached hydrogens (tertiary/aromatic N) is 4. The van der Waals surface area contributed by atoms with Gasteiger partial charge in [0.2, 0.25) is 33.3 Å². The standard InChI is InChI=1S/C59H86F4N8O15S/c1-4-14-70(58(73)48-36-47-10-9-46(38-52(47)68-53(64)39-48)45-7-5-8-49(37-45)87(74,75)71-42-44(43-71)41-69(2)3)15-6-12-66-59(65)67-13-17-77-19-21-79-23-25-81-27-29-83-31-33-85-35-34-84-32-30-82-28-26-80-24-22-78-20-18-76-16-11-54(72)86-57-55(62)50(60)40-51(61)56(57)63/h5,7-10,36-38,40,44H,4,6,11-35,39,41-43H2,1-3H3,(H2,64,68)(H3,65,66,67). The zero-order valence-corrected chi connectivity index (χ0v) is 50.9. The minimum Gasteiger partial charge on any atom is -0.420 e. The maximum Gasteiger partial charge on any atom is 0.313 e. The fourth-order valence-corrected chi connectivity index (χ4v) is 10.3. The number of rotatable bonds is 46. The molecule has 0 unspecified atom stereocenters. The molecule has 2 aliphatic rings. The predicted octanol–water partition coefficient (Wildman–Crippen LogP) is 4.77. The summed E-state index contributed by atoms with van der Waals surface area (Å²) in [5.41, 5.74) is 9.79. The van der Waals surface area contributed by atoms with Gasteiger partial charge in [-0.3, -0.25) is 15.0 Å². The maximum atomic E-state index is 13.9. The predicted molar refractivity (Wildman–Crippen MR) is 316 cm³/mol. The number of nitrogens with two attached hydrogens (primary N) is 1. The number of sulfonamides is 1. The van der Waals surface area contributed by atoms with Crippen molar-refractivity contribution in [2.24, 2.45) is 16.6 Å². The number of halogens is 4. The zero-order chi connectivity index (χ0) is 62.7. The van der Waals surface area contributed by atoms with Crippen LogP contribution in [0.3, 0.4) is 0 Å². The number of amides is 1. The summed E-state index contributed by atoms with van der Waals surface area (Å²) < 4.78 is 141. The van der Waals surface area contributed by atoms with E-state index in [1.165, 1.54) is 4.31 Å². The second kappa shape index (κ2) is 40.7. The van der Waals surface area contributed by atoms with Crippen molar-refractivity contribution in [2.45, 2.75) is 37.5 Å². The number of esters is 1. The van der Waals surface area contributed by atoms with Gasteiger partial charge in [-0.25, -0.2) is 22.2 Å². The van der Waals surface area contributed by atoms with Gasteiger partial charge in [0.15, 0.2) is 17.6 Å². The largest absolute Gasteiger partial charge is 0.420 e. The molecule has 28 heteroatoms. The summed E-state index contributed by atoms with van der Waals surface area (Å²) in [5, 5.41) is 14.3. The molecule has 5 rings (SSSR count). The van der Waals surface area contributed by atoms with Gasteiger partial charge < -0.3 is 78.3 Å². The molecule has 0 saturated carbocycles. The molecule has 87 heavy (non-hydrogen) atoms. The van der Waals surface area contributed by atoms with Crippen molar-refractivity contribution >= 4 is 45.5 Å². The van der Waals surface area contributed by atoms with Gasteiger partial charge in [-0.1, -0.05) is 31.2 Å². The fourth-order valence-electron chi connectivity index (χ4n) is 8.67. The summed E-state index contributed by atoms with van der Waals surface area (Å²) in [6, 6.07) is 12.6. The van der Waals surface area contributed by atoms with Crippen LogP contribution in [0.15, 0.2) is 64.0 Å². The minimum absolute atomic E-state index is 0.0140. The molecule has 1 fully saturated rings. The highest BCUT2D eigenvalue weighted by Crippen LogP contribution is 2.34. The van der Waals surface area contributed by atoms with Gasteiger partial charge in [0.25, 0.3) is 0 Å². The van der Waals surface area contributed by atoms with Crippen LogP contribution in [-0.4, -0.2) is 238 Å². The Morgan fingerprint density at radius 1 is 0.667 bits per heavy atom. The van der Waals surface area contributed by atoms with Crippen molar-refractivity contribution in [3.05, 3.63) is 82.9 Å². The van der Waals surface area contributed by atoms with Crippen LogP contribution in [0, 0.1) is 34.6 Å². The highest BCUT2D eigenvalue weighted by molar-refractivity contribution is 7.89. The average Bonchev–Trinajstić information content (AvgIpc) is 1.74. The number of benzene rings is 3. The molecule has 3 aromatic carbocycles. The number of nitrogens with one attached hydrogen (secondary N) is 3. The molecule has 1 saturated heterocycles. The molecule has 3 aromatic rings. The lowest BCUT2D eigenvalue weighted by Gasteiger charge is -2.39. The number of hydrogen-bond donors (Lipinski definition) is 4. The lowest BCUT2D eigenvalue weighted by Crippen LogP contribution is -2.52. The third-order valence-electron chi connectivity index (χ3n) is 12.9. The highest BCUT2D eigenvalue weighted by Gasteiger charge is 2.37. The molecular formula is C59H86F4N8O15S. The van der Waals surface area contributed by atoms with E-state index in [1.807, 2.05) is 56.3 Å². The van der Waals surface area contributed by atoms with Crippen LogP contribution < -0.4 is 21.1 Å². The van der Waals surface area contributed by atoms with Crippen LogP contribution in [0.2, 0.25) is 0 Å². The molecule has 23 nitrogen and oxygen atoms in total. The molecule has 0 aromatic heterocycles. The highest BCUT2D eigenvalue weighted by atomic mass is 32.2. The Hall–Kier alpha value is -5.73. The molecule has 486 valence electrons. The first-order valence-electron chi connectivity index (χ1n) is 29.2. The normalized spacial score (nSPS) is 13.7. The lowest BCUT2D eigenvalue weighted by atomic mass is 10.0. The van der Waals surface area contributed by atoms with E-state index in [1.54, 1.807) is 18.2 Å². The van der Waals surface area contributed by atoms with Crippen LogP contribution in [0.4, 0.5) is 23.2 Å². The van der Waals surface area contributed by atoms with E-state index < -0.39 is 51.4 Å². The molecule has 0 spiro atoms. The Labute approximate surface area is 507 Å². The van der Waals surface area contributed by atoms with Gasteiger partial charge in [-0.15, -0.1) is 0 Å². The van der Waals surface area contributed by atoms with Crippen molar-refractivity contribution in [2.75, 3.05) is 192 Å². The Balaban J connectivity index is 0.764. The second-order valence-corrected chi connectivity index (χ2v) is 22.2. The number of amidine groups is 1. The summed E-state index contributed by atoms with van der Waals surface area (Å²) in [4.78, 5) is 34.5. The molecule has 0 radical (unpaired) electrons. The number of carbonyl (C=O) groups excluding carboxylic acids is 2. The van der Waals surface area contributed by atoms with Crippen LogP contribution in [0.25, 0.3) is 17.2 Å². The quantitative estimate of drug-likeness (QED) is 0.0113. The molecule has 2 aliphatic heterocycles. The van der Waals surface area contributed by atoms with Gasteiger partial charge in [0, 0.05) is 69.4 Å². The molecule has 0 bridgehead atoms. The van der Waals surface area contributed by atoms with Crippen molar-refractivity contribution < 1.29 is 87.7 Å². The first kappa shape index (κ1) is 72.0. The van der Waals surface area contributed by atoms with Gasteiger partial charge in [0.05, 0.1) is 149 Å². The van der Waals surface area contributed by atoms with Gasteiger partial charge in [-0.2, -0.15) is 13.1 Å². The van der Waals surface area contributed by atoms with E-state index in [-0.39, 0.29) is 55.7 Å².